The first kappa shape index (κ1) is 20.4. The highest BCUT2D eigenvalue weighted by molar-refractivity contribution is 5.64. The van der Waals surface area contributed by atoms with E-state index >= 15 is 0 Å². The fourth-order valence-corrected chi connectivity index (χ4v) is 3.90. The molecule has 4 heterocycles. The molecule has 1 saturated heterocycles. The Bertz CT molecular complexity index is 1090. The van der Waals surface area contributed by atoms with Gasteiger partial charge in [0.2, 0.25) is 5.95 Å². The normalized spacial score (nSPS) is 18.3. The zero-order valence-electron chi connectivity index (χ0n) is 17.9. The number of pyridine rings is 1. The van der Waals surface area contributed by atoms with Crippen LogP contribution in [0.25, 0.3) is 6.08 Å². The summed E-state index contributed by atoms with van der Waals surface area (Å²) in [5, 5.41) is 3.15. The predicted octanol–water partition coefficient (Wildman–Crippen LogP) is 3.47. The lowest BCUT2D eigenvalue weighted by Crippen LogP contribution is -2.40. The van der Waals surface area contributed by atoms with Crippen molar-refractivity contribution in [3.8, 4) is 11.5 Å². The topological polar surface area (TPSA) is 81.6 Å². The summed E-state index contributed by atoms with van der Waals surface area (Å²) < 4.78 is 17.3. The fraction of sp³-hybridized carbons (Fsp3) is 0.292. The lowest BCUT2D eigenvalue weighted by atomic mass is 10.1. The van der Waals surface area contributed by atoms with Crippen molar-refractivity contribution >= 4 is 17.7 Å². The maximum atomic E-state index is 6.01. The molecule has 8 heteroatoms. The molecule has 2 aliphatic rings. The van der Waals surface area contributed by atoms with Crippen LogP contribution in [0, 0.1) is 0 Å². The van der Waals surface area contributed by atoms with Crippen LogP contribution in [0.15, 0.2) is 60.6 Å². The summed E-state index contributed by atoms with van der Waals surface area (Å²) in [6, 6.07) is 11.6. The molecular formula is C24H25N5O3. The predicted molar refractivity (Wildman–Crippen MR) is 121 cm³/mol. The number of rotatable bonds is 6. The average molecular weight is 431 g/mol. The third-order valence-electron chi connectivity index (χ3n) is 5.51. The second-order valence-electron chi connectivity index (χ2n) is 7.76. The number of aromatic nitrogens is 3. The van der Waals surface area contributed by atoms with Crippen molar-refractivity contribution in [3.05, 3.63) is 71.8 Å². The number of morpholine rings is 1. The summed E-state index contributed by atoms with van der Waals surface area (Å²) in [5.74, 6) is 2.27. The van der Waals surface area contributed by atoms with E-state index in [1.807, 2.05) is 30.3 Å². The summed E-state index contributed by atoms with van der Waals surface area (Å²) in [4.78, 5) is 15.3. The number of ether oxygens (including phenoxy) is 3. The van der Waals surface area contributed by atoms with Crippen LogP contribution < -0.4 is 14.8 Å². The minimum Gasteiger partial charge on any atom is -0.497 e. The number of fused-ring (bicyclic) bond motifs is 1. The van der Waals surface area contributed by atoms with Crippen LogP contribution in [0.4, 0.5) is 11.6 Å². The molecule has 0 radical (unpaired) electrons. The van der Waals surface area contributed by atoms with Crippen LogP contribution in [0.2, 0.25) is 0 Å². The first-order chi connectivity index (χ1) is 15.8. The van der Waals surface area contributed by atoms with Gasteiger partial charge in [-0.05, 0) is 48.0 Å². The molecule has 0 amide bonds. The van der Waals surface area contributed by atoms with E-state index in [4.69, 9.17) is 14.2 Å². The molecule has 5 rings (SSSR count). The van der Waals surface area contributed by atoms with Crippen molar-refractivity contribution in [1.29, 1.82) is 0 Å². The molecule has 0 aliphatic carbocycles. The van der Waals surface area contributed by atoms with Crippen LogP contribution >= 0.6 is 0 Å². The molecule has 3 aromatic rings. The van der Waals surface area contributed by atoms with Crippen LogP contribution in [-0.2, 0) is 4.74 Å². The molecule has 1 aromatic carbocycles. The minimum atomic E-state index is -0.0664. The lowest BCUT2D eigenvalue weighted by molar-refractivity contribution is -0.0294. The molecule has 2 aliphatic heterocycles. The summed E-state index contributed by atoms with van der Waals surface area (Å²) in [6.07, 6.45) is 7.32. The van der Waals surface area contributed by atoms with E-state index in [-0.39, 0.29) is 6.10 Å². The summed E-state index contributed by atoms with van der Waals surface area (Å²) in [6.45, 7) is 3.76. The minimum absolute atomic E-state index is 0.0664. The Morgan fingerprint density at radius 1 is 1.16 bits per heavy atom. The molecule has 0 spiro atoms. The standard InChI is InChI=1S/C24H25N5O3/c1-30-20-4-6-22-18(12-20)11-17(16-32-22)14-29-9-10-31-23(15-29)21-5-3-19(13-27-21)28-24-25-7-2-8-26-24/h2-8,11-13,23H,9-10,14-16H2,1H3,(H,25,26,28)/t23-/m0/s1. The van der Waals surface area contributed by atoms with Crippen LogP contribution in [0.1, 0.15) is 17.4 Å². The maximum Gasteiger partial charge on any atom is 0.227 e. The van der Waals surface area contributed by atoms with Crippen LogP contribution in [0.3, 0.4) is 0 Å². The first-order valence-corrected chi connectivity index (χ1v) is 10.6. The Morgan fingerprint density at radius 2 is 2.06 bits per heavy atom. The number of methoxy groups -OCH3 is 1. The molecule has 32 heavy (non-hydrogen) atoms. The van der Waals surface area contributed by atoms with Gasteiger partial charge in [0.05, 0.1) is 31.3 Å². The second-order valence-corrected chi connectivity index (χ2v) is 7.76. The Balaban J connectivity index is 1.22. The monoisotopic (exact) mass is 431 g/mol. The molecule has 1 N–H and O–H groups in total. The molecule has 0 saturated carbocycles. The van der Waals surface area contributed by atoms with E-state index in [2.05, 4.69) is 31.2 Å². The number of anilines is 2. The number of nitrogens with zero attached hydrogens (tertiary/aromatic N) is 4. The van der Waals surface area contributed by atoms with Gasteiger partial charge in [-0.15, -0.1) is 0 Å². The van der Waals surface area contributed by atoms with Gasteiger partial charge < -0.3 is 19.5 Å². The largest absolute Gasteiger partial charge is 0.497 e. The van der Waals surface area contributed by atoms with Gasteiger partial charge in [0.15, 0.2) is 0 Å². The van der Waals surface area contributed by atoms with Gasteiger partial charge in [0.1, 0.15) is 24.2 Å². The maximum absolute atomic E-state index is 6.01. The molecule has 164 valence electrons. The zero-order chi connectivity index (χ0) is 21.8. The number of hydrogen-bond acceptors (Lipinski definition) is 8. The van der Waals surface area contributed by atoms with Crippen molar-refractivity contribution in [1.82, 2.24) is 19.9 Å². The Kier molecular flexibility index (Phi) is 5.96. The second kappa shape index (κ2) is 9.33. The molecule has 1 fully saturated rings. The number of benzene rings is 1. The number of nitrogens with one attached hydrogen (secondary N) is 1. The van der Waals surface area contributed by atoms with Gasteiger partial charge in [-0.2, -0.15) is 0 Å². The smallest absolute Gasteiger partial charge is 0.227 e. The van der Waals surface area contributed by atoms with E-state index < -0.39 is 0 Å². The van der Waals surface area contributed by atoms with E-state index in [9.17, 15) is 0 Å². The van der Waals surface area contributed by atoms with E-state index in [1.54, 1.807) is 31.8 Å². The third-order valence-corrected chi connectivity index (χ3v) is 5.51. The van der Waals surface area contributed by atoms with E-state index in [0.29, 0.717) is 19.2 Å². The van der Waals surface area contributed by atoms with Gasteiger partial charge in [-0.25, -0.2) is 9.97 Å². The molecule has 8 nitrogen and oxygen atoms in total. The zero-order valence-corrected chi connectivity index (χ0v) is 17.9. The molecule has 0 bridgehead atoms. The van der Waals surface area contributed by atoms with E-state index in [0.717, 1.165) is 48.1 Å². The van der Waals surface area contributed by atoms with Gasteiger partial charge in [-0.3, -0.25) is 9.88 Å². The van der Waals surface area contributed by atoms with Gasteiger partial charge >= 0.3 is 0 Å². The van der Waals surface area contributed by atoms with Gasteiger partial charge in [-0.1, -0.05) is 0 Å². The third kappa shape index (κ3) is 4.71. The first-order valence-electron chi connectivity index (χ1n) is 10.6. The van der Waals surface area contributed by atoms with Crippen LogP contribution in [0.5, 0.6) is 11.5 Å². The van der Waals surface area contributed by atoms with Crippen molar-refractivity contribution < 1.29 is 14.2 Å². The average Bonchev–Trinajstić information content (AvgIpc) is 2.85. The summed E-state index contributed by atoms with van der Waals surface area (Å²) >= 11 is 0. The Morgan fingerprint density at radius 3 is 2.88 bits per heavy atom. The van der Waals surface area contributed by atoms with Crippen molar-refractivity contribution in [2.24, 2.45) is 0 Å². The van der Waals surface area contributed by atoms with Crippen molar-refractivity contribution in [2.75, 3.05) is 45.3 Å². The van der Waals surface area contributed by atoms with Gasteiger partial charge in [0.25, 0.3) is 0 Å². The van der Waals surface area contributed by atoms with E-state index in [1.165, 1.54) is 5.57 Å². The highest BCUT2D eigenvalue weighted by Gasteiger charge is 2.24. The Hall–Kier alpha value is -3.49. The summed E-state index contributed by atoms with van der Waals surface area (Å²) in [5.41, 5.74) is 4.05. The van der Waals surface area contributed by atoms with Crippen LogP contribution in [-0.4, -0.2) is 59.8 Å². The lowest BCUT2D eigenvalue weighted by Gasteiger charge is -2.33. The molecular weight excluding hydrogens is 406 g/mol. The highest BCUT2D eigenvalue weighted by Crippen LogP contribution is 2.31. The Labute approximate surface area is 186 Å². The number of hydrogen-bond donors (Lipinski definition) is 1. The molecule has 1 atom stereocenters. The van der Waals surface area contributed by atoms with Crippen molar-refractivity contribution in [3.63, 3.8) is 0 Å². The molecule has 0 unspecified atom stereocenters. The highest BCUT2D eigenvalue weighted by atomic mass is 16.5. The van der Waals surface area contributed by atoms with Gasteiger partial charge in [0, 0.05) is 37.6 Å². The molecule has 2 aromatic heterocycles. The fourth-order valence-electron chi connectivity index (χ4n) is 3.90. The quantitative estimate of drug-likeness (QED) is 0.635. The van der Waals surface area contributed by atoms with Crippen molar-refractivity contribution in [2.45, 2.75) is 6.10 Å². The SMILES string of the molecule is COc1ccc2c(c1)C=C(CN1CCO[C@H](c3ccc(Nc4ncccn4)cn3)C1)CO2. The summed E-state index contributed by atoms with van der Waals surface area (Å²) in [7, 11) is 1.68.